The maximum Gasteiger partial charge on any atom is 0.331 e. The molecule has 2 heteroatoms. The van der Waals surface area contributed by atoms with Gasteiger partial charge in [0, 0.05) is 5.57 Å². The number of aliphatic carboxylic acids is 1. The highest BCUT2D eigenvalue weighted by atomic mass is 16.4. The second-order valence-electron chi connectivity index (χ2n) is 3.88. The lowest BCUT2D eigenvalue weighted by Gasteiger charge is -2.09. The van der Waals surface area contributed by atoms with Crippen LogP contribution in [0.4, 0.5) is 0 Å². The van der Waals surface area contributed by atoms with Crippen molar-refractivity contribution >= 4 is 5.97 Å². The first-order valence-corrected chi connectivity index (χ1v) is 3.92. The van der Waals surface area contributed by atoms with Gasteiger partial charge in [0.2, 0.25) is 0 Å². The van der Waals surface area contributed by atoms with E-state index < -0.39 is 5.97 Å². The van der Waals surface area contributed by atoms with Crippen molar-refractivity contribution in [2.75, 3.05) is 0 Å². The third-order valence-corrected chi connectivity index (χ3v) is 1.28. The molecule has 0 unspecified atom stereocenters. The zero-order valence-corrected chi connectivity index (χ0v) is 8.09. The third-order valence-electron chi connectivity index (χ3n) is 1.28. The van der Waals surface area contributed by atoms with E-state index in [0.717, 1.165) is 0 Å². The van der Waals surface area contributed by atoms with Gasteiger partial charge >= 0.3 is 5.97 Å². The van der Waals surface area contributed by atoms with Gasteiger partial charge in [-0.05, 0) is 12.3 Å². The van der Waals surface area contributed by atoms with E-state index in [0.29, 0.717) is 5.57 Å². The number of allylic oxidation sites excluding steroid dienone is 3. The Kier molecular flexibility index (Phi) is 3.74. The van der Waals surface area contributed by atoms with Crippen LogP contribution in [0, 0.1) is 5.41 Å². The van der Waals surface area contributed by atoms with E-state index >= 15 is 0 Å². The average Bonchev–Trinajstić information content (AvgIpc) is 1.84. The van der Waals surface area contributed by atoms with Gasteiger partial charge in [-0.3, -0.25) is 0 Å². The number of carboxylic acid groups (broad SMARTS) is 1. The lowest BCUT2D eigenvalue weighted by atomic mass is 9.96. The van der Waals surface area contributed by atoms with Gasteiger partial charge < -0.3 is 5.11 Å². The average molecular weight is 168 g/mol. The van der Waals surface area contributed by atoms with E-state index in [9.17, 15) is 4.79 Å². The fourth-order valence-electron chi connectivity index (χ4n) is 0.552. The van der Waals surface area contributed by atoms with E-state index in [2.05, 4.69) is 20.8 Å². The molecule has 2 nitrogen and oxygen atoms in total. The zero-order chi connectivity index (χ0) is 9.78. The van der Waals surface area contributed by atoms with Crippen LogP contribution in [0.5, 0.6) is 0 Å². The molecule has 0 spiro atoms. The molecule has 0 atom stereocenters. The highest BCUT2D eigenvalue weighted by Crippen LogP contribution is 2.14. The van der Waals surface area contributed by atoms with Crippen LogP contribution in [0.3, 0.4) is 0 Å². The molecular weight excluding hydrogens is 152 g/mol. The zero-order valence-electron chi connectivity index (χ0n) is 8.09. The largest absolute Gasteiger partial charge is 0.478 e. The number of hydrogen-bond donors (Lipinski definition) is 1. The molecule has 0 aromatic rings. The van der Waals surface area contributed by atoms with Crippen molar-refractivity contribution in [3.8, 4) is 0 Å². The molecule has 0 radical (unpaired) electrons. The number of rotatable bonds is 2. The van der Waals surface area contributed by atoms with E-state index in [-0.39, 0.29) is 5.41 Å². The standard InChI is InChI=1S/C10H16O2/c1-8(9(11)12)6-5-7-10(2,3)4/h5-7H,1-4H3,(H,11,12)/b7-5+,8-6+. The summed E-state index contributed by atoms with van der Waals surface area (Å²) in [7, 11) is 0. The SMILES string of the molecule is C/C(=C\C=C\C(C)(C)C)C(=O)O. The number of carboxylic acids is 1. The first-order valence-electron chi connectivity index (χ1n) is 3.92. The molecule has 0 rings (SSSR count). The topological polar surface area (TPSA) is 37.3 Å². The van der Waals surface area contributed by atoms with Gasteiger partial charge in [0.05, 0.1) is 0 Å². The Labute approximate surface area is 73.6 Å². The van der Waals surface area contributed by atoms with Crippen molar-refractivity contribution in [1.29, 1.82) is 0 Å². The second kappa shape index (κ2) is 4.10. The van der Waals surface area contributed by atoms with Gasteiger partial charge in [0.15, 0.2) is 0 Å². The Balaban J connectivity index is 4.23. The minimum Gasteiger partial charge on any atom is -0.478 e. The Morgan fingerprint density at radius 2 is 1.83 bits per heavy atom. The van der Waals surface area contributed by atoms with Crippen molar-refractivity contribution in [3.63, 3.8) is 0 Å². The maximum absolute atomic E-state index is 10.4. The Bertz CT molecular complexity index is 216. The van der Waals surface area contributed by atoms with Crippen molar-refractivity contribution in [3.05, 3.63) is 23.8 Å². The second-order valence-corrected chi connectivity index (χ2v) is 3.88. The number of carbonyl (C=O) groups is 1. The van der Waals surface area contributed by atoms with Crippen LogP contribution in [-0.2, 0) is 4.79 Å². The molecular formula is C10H16O2. The van der Waals surface area contributed by atoms with Crippen LogP contribution in [0.15, 0.2) is 23.8 Å². The van der Waals surface area contributed by atoms with Crippen LogP contribution in [0.25, 0.3) is 0 Å². The first-order chi connectivity index (χ1) is 5.33. The Morgan fingerprint density at radius 3 is 2.17 bits per heavy atom. The van der Waals surface area contributed by atoms with E-state index in [1.807, 2.05) is 6.08 Å². The van der Waals surface area contributed by atoms with Crippen LogP contribution in [-0.4, -0.2) is 11.1 Å². The molecule has 0 fully saturated rings. The lowest BCUT2D eigenvalue weighted by molar-refractivity contribution is -0.132. The Morgan fingerprint density at radius 1 is 1.33 bits per heavy atom. The minimum atomic E-state index is -0.867. The molecule has 68 valence electrons. The molecule has 0 heterocycles. The quantitative estimate of drug-likeness (QED) is 0.508. The summed E-state index contributed by atoms with van der Waals surface area (Å²) in [5.74, 6) is -0.867. The van der Waals surface area contributed by atoms with Crippen LogP contribution in [0.2, 0.25) is 0 Å². The Hall–Kier alpha value is -1.05. The van der Waals surface area contributed by atoms with Crippen molar-refractivity contribution in [2.45, 2.75) is 27.7 Å². The van der Waals surface area contributed by atoms with Crippen LogP contribution >= 0.6 is 0 Å². The fraction of sp³-hybridized carbons (Fsp3) is 0.500. The van der Waals surface area contributed by atoms with Gasteiger partial charge in [-0.25, -0.2) is 4.79 Å². The van der Waals surface area contributed by atoms with E-state index in [1.165, 1.54) is 0 Å². The molecule has 0 saturated heterocycles. The lowest BCUT2D eigenvalue weighted by Crippen LogP contribution is -1.98. The van der Waals surface area contributed by atoms with Gasteiger partial charge in [-0.2, -0.15) is 0 Å². The van der Waals surface area contributed by atoms with Gasteiger partial charge in [-0.15, -0.1) is 0 Å². The molecule has 0 amide bonds. The normalized spacial score (nSPS) is 13.8. The molecule has 12 heavy (non-hydrogen) atoms. The summed E-state index contributed by atoms with van der Waals surface area (Å²) in [6.07, 6.45) is 5.36. The molecule has 0 aromatic carbocycles. The van der Waals surface area contributed by atoms with Gasteiger partial charge in [0.25, 0.3) is 0 Å². The summed E-state index contributed by atoms with van der Waals surface area (Å²) in [6.45, 7) is 7.77. The van der Waals surface area contributed by atoms with Gasteiger partial charge in [-0.1, -0.05) is 39.0 Å². The van der Waals surface area contributed by atoms with Crippen LogP contribution < -0.4 is 0 Å². The van der Waals surface area contributed by atoms with Crippen LogP contribution in [0.1, 0.15) is 27.7 Å². The molecule has 0 aliphatic rings. The summed E-state index contributed by atoms with van der Waals surface area (Å²) < 4.78 is 0. The van der Waals surface area contributed by atoms with Gasteiger partial charge in [0.1, 0.15) is 0 Å². The fourth-order valence-corrected chi connectivity index (χ4v) is 0.552. The predicted octanol–water partition coefficient (Wildman–Crippen LogP) is 2.62. The molecule has 0 aromatic heterocycles. The summed E-state index contributed by atoms with van der Waals surface area (Å²) in [4.78, 5) is 10.4. The van der Waals surface area contributed by atoms with E-state index in [4.69, 9.17) is 5.11 Å². The highest BCUT2D eigenvalue weighted by Gasteiger charge is 2.02. The summed E-state index contributed by atoms with van der Waals surface area (Å²) in [6, 6.07) is 0. The molecule has 0 saturated carbocycles. The highest BCUT2D eigenvalue weighted by molar-refractivity contribution is 5.86. The van der Waals surface area contributed by atoms with Crippen molar-refractivity contribution < 1.29 is 9.90 Å². The van der Waals surface area contributed by atoms with Crippen molar-refractivity contribution in [1.82, 2.24) is 0 Å². The molecule has 0 aliphatic heterocycles. The first kappa shape index (κ1) is 11.0. The van der Waals surface area contributed by atoms with E-state index in [1.54, 1.807) is 19.1 Å². The predicted molar refractivity (Wildman–Crippen MR) is 50.0 cm³/mol. The smallest absolute Gasteiger partial charge is 0.331 e. The minimum absolute atomic E-state index is 0.106. The summed E-state index contributed by atoms with van der Waals surface area (Å²) in [5, 5.41) is 8.51. The third kappa shape index (κ3) is 5.71. The maximum atomic E-state index is 10.4. The molecule has 0 aliphatic carbocycles. The summed E-state index contributed by atoms with van der Waals surface area (Å²) >= 11 is 0. The van der Waals surface area contributed by atoms with Crippen molar-refractivity contribution in [2.24, 2.45) is 5.41 Å². The molecule has 0 bridgehead atoms. The summed E-state index contributed by atoms with van der Waals surface area (Å²) in [5.41, 5.74) is 0.463. The number of hydrogen-bond acceptors (Lipinski definition) is 1. The molecule has 1 N–H and O–H groups in total. The monoisotopic (exact) mass is 168 g/mol.